The molecule has 2 N–H and O–H groups in total. The summed E-state index contributed by atoms with van der Waals surface area (Å²) in [5.41, 5.74) is 7.00. The molecule has 1 atom stereocenters. The van der Waals surface area contributed by atoms with Crippen molar-refractivity contribution in [2.45, 2.75) is 12.5 Å². The first kappa shape index (κ1) is 12.0. The molecule has 0 bridgehead atoms. The van der Waals surface area contributed by atoms with Gasteiger partial charge in [-0.1, -0.05) is 0 Å². The summed E-state index contributed by atoms with van der Waals surface area (Å²) < 4.78 is 1.79. The summed E-state index contributed by atoms with van der Waals surface area (Å²) >= 11 is 0. The Morgan fingerprint density at radius 1 is 1.53 bits per heavy atom. The van der Waals surface area contributed by atoms with E-state index in [1.54, 1.807) is 16.8 Å². The van der Waals surface area contributed by atoms with E-state index in [1.807, 2.05) is 11.9 Å². The van der Waals surface area contributed by atoms with Gasteiger partial charge in [-0.25, -0.2) is 0 Å². The van der Waals surface area contributed by atoms with E-state index in [0.29, 0.717) is 17.4 Å². The summed E-state index contributed by atoms with van der Waals surface area (Å²) in [4.78, 5) is 16.4. The van der Waals surface area contributed by atoms with Crippen LogP contribution in [0.2, 0.25) is 0 Å². The molecule has 1 aliphatic rings. The molecule has 94 valence electrons. The first-order valence-corrected chi connectivity index (χ1v) is 5.86. The van der Waals surface area contributed by atoms with Crippen LogP contribution in [0, 0.1) is 0 Å². The van der Waals surface area contributed by atoms with E-state index in [0.717, 1.165) is 19.5 Å². The van der Waals surface area contributed by atoms with Gasteiger partial charge in [-0.15, -0.1) is 0 Å². The molecule has 1 saturated heterocycles. The second-order valence-electron chi connectivity index (χ2n) is 4.93. The molecule has 1 aromatic rings. The maximum Gasteiger partial charge on any atom is 0.270 e. The van der Waals surface area contributed by atoms with Crippen LogP contribution in [0.15, 0.2) is 12.3 Å². The Morgan fingerprint density at radius 3 is 2.71 bits per heavy atom. The SMILES string of the molecule is CN(C)C1CCN(C(=O)c2cc(N)cn2C)C1. The Kier molecular flexibility index (Phi) is 3.11. The number of hydrogen-bond donors (Lipinski definition) is 1. The van der Waals surface area contributed by atoms with Gasteiger partial charge in [0.1, 0.15) is 5.69 Å². The van der Waals surface area contributed by atoms with E-state index in [4.69, 9.17) is 5.73 Å². The van der Waals surface area contributed by atoms with Gasteiger partial charge in [0.2, 0.25) is 0 Å². The molecule has 0 radical (unpaired) electrons. The zero-order chi connectivity index (χ0) is 12.6. The van der Waals surface area contributed by atoms with Gasteiger partial charge in [0, 0.05) is 32.4 Å². The van der Waals surface area contributed by atoms with Crippen molar-refractivity contribution < 1.29 is 4.79 Å². The number of nitrogens with zero attached hydrogens (tertiary/aromatic N) is 3. The summed E-state index contributed by atoms with van der Waals surface area (Å²) in [6.45, 7) is 1.63. The van der Waals surface area contributed by atoms with Crippen molar-refractivity contribution in [2.75, 3.05) is 32.9 Å². The van der Waals surface area contributed by atoms with Crippen LogP contribution in [0.4, 0.5) is 5.69 Å². The number of anilines is 1. The van der Waals surface area contributed by atoms with Crippen molar-refractivity contribution >= 4 is 11.6 Å². The van der Waals surface area contributed by atoms with Crippen LogP contribution >= 0.6 is 0 Å². The van der Waals surface area contributed by atoms with Crippen LogP contribution in [-0.4, -0.2) is 53.5 Å². The first-order valence-electron chi connectivity index (χ1n) is 5.86. The van der Waals surface area contributed by atoms with Crippen LogP contribution in [0.3, 0.4) is 0 Å². The number of aryl methyl sites for hydroxylation is 1. The zero-order valence-electron chi connectivity index (χ0n) is 10.7. The molecule has 0 aromatic carbocycles. The number of hydrogen-bond acceptors (Lipinski definition) is 3. The molecule has 2 rings (SSSR count). The summed E-state index contributed by atoms with van der Waals surface area (Å²) in [5, 5.41) is 0. The van der Waals surface area contributed by atoms with Gasteiger partial charge < -0.3 is 20.1 Å². The molecule has 1 fully saturated rings. The highest BCUT2D eigenvalue weighted by atomic mass is 16.2. The van der Waals surface area contributed by atoms with Crippen molar-refractivity contribution in [3.63, 3.8) is 0 Å². The largest absolute Gasteiger partial charge is 0.397 e. The second-order valence-corrected chi connectivity index (χ2v) is 4.93. The molecule has 0 spiro atoms. The van der Waals surface area contributed by atoms with Crippen molar-refractivity contribution in [1.82, 2.24) is 14.4 Å². The van der Waals surface area contributed by atoms with Crippen molar-refractivity contribution in [3.8, 4) is 0 Å². The smallest absolute Gasteiger partial charge is 0.270 e. The number of amides is 1. The van der Waals surface area contributed by atoms with Crippen LogP contribution in [-0.2, 0) is 7.05 Å². The van der Waals surface area contributed by atoms with Crippen LogP contribution in [0.5, 0.6) is 0 Å². The number of likely N-dealkylation sites (N-methyl/N-ethyl adjacent to an activating group) is 1. The Balaban J connectivity index is 2.09. The molecule has 1 aromatic heterocycles. The number of carbonyl (C=O) groups is 1. The highest BCUT2D eigenvalue weighted by molar-refractivity contribution is 5.94. The van der Waals surface area contributed by atoms with Gasteiger partial charge in [0.25, 0.3) is 5.91 Å². The molecule has 5 heteroatoms. The highest BCUT2D eigenvalue weighted by Gasteiger charge is 2.29. The molecule has 1 amide bonds. The molecule has 1 aliphatic heterocycles. The Bertz CT molecular complexity index is 424. The van der Waals surface area contributed by atoms with Gasteiger partial charge in [0.05, 0.1) is 5.69 Å². The molecular formula is C12H20N4O. The highest BCUT2D eigenvalue weighted by Crippen LogP contribution is 2.18. The fourth-order valence-corrected chi connectivity index (χ4v) is 2.31. The van der Waals surface area contributed by atoms with Gasteiger partial charge in [-0.05, 0) is 26.6 Å². The third-order valence-electron chi connectivity index (χ3n) is 3.43. The number of nitrogens with two attached hydrogens (primary N) is 1. The Labute approximate surface area is 102 Å². The zero-order valence-corrected chi connectivity index (χ0v) is 10.7. The van der Waals surface area contributed by atoms with Crippen LogP contribution in [0.1, 0.15) is 16.9 Å². The van der Waals surface area contributed by atoms with E-state index >= 15 is 0 Å². The predicted molar refractivity (Wildman–Crippen MR) is 67.8 cm³/mol. The average molecular weight is 236 g/mol. The summed E-state index contributed by atoms with van der Waals surface area (Å²) in [5.74, 6) is 0.0774. The van der Waals surface area contributed by atoms with Crippen molar-refractivity contribution in [1.29, 1.82) is 0 Å². The van der Waals surface area contributed by atoms with E-state index in [1.165, 1.54) is 0 Å². The lowest BCUT2D eigenvalue weighted by Gasteiger charge is -2.20. The molecule has 0 aliphatic carbocycles. The molecule has 5 nitrogen and oxygen atoms in total. The van der Waals surface area contributed by atoms with Crippen molar-refractivity contribution in [2.24, 2.45) is 7.05 Å². The maximum atomic E-state index is 12.3. The van der Waals surface area contributed by atoms with Gasteiger partial charge in [0.15, 0.2) is 0 Å². The third-order valence-corrected chi connectivity index (χ3v) is 3.43. The number of aromatic nitrogens is 1. The van der Waals surface area contributed by atoms with Crippen molar-refractivity contribution in [3.05, 3.63) is 18.0 Å². The molecule has 17 heavy (non-hydrogen) atoms. The fraction of sp³-hybridized carbons (Fsp3) is 0.583. The molecular weight excluding hydrogens is 216 g/mol. The van der Waals surface area contributed by atoms with Gasteiger partial charge >= 0.3 is 0 Å². The minimum absolute atomic E-state index is 0.0774. The normalized spacial score (nSPS) is 20.2. The lowest BCUT2D eigenvalue weighted by Crippen LogP contribution is -2.35. The van der Waals surface area contributed by atoms with E-state index in [-0.39, 0.29) is 5.91 Å². The maximum absolute atomic E-state index is 12.3. The molecule has 2 heterocycles. The average Bonchev–Trinajstić information content (AvgIpc) is 2.84. The summed E-state index contributed by atoms with van der Waals surface area (Å²) in [6.07, 6.45) is 2.81. The fourth-order valence-electron chi connectivity index (χ4n) is 2.31. The Hall–Kier alpha value is -1.49. The van der Waals surface area contributed by atoms with Gasteiger partial charge in [-0.2, -0.15) is 0 Å². The lowest BCUT2D eigenvalue weighted by molar-refractivity contribution is 0.0773. The lowest BCUT2D eigenvalue weighted by atomic mass is 10.2. The van der Waals surface area contributed by atoms with E-state index in [2.05, 4.69) is 19.0 Å². The van der Waals surface area contributed by atoms with Crippen LogP contribution < -0.4 is 5.73 Å². The predicted octanol–water partition coefficient (Wildman–Crippen LogP) is 0.383. The number of carbonyl (C=O) groups excluding carboxylic acids is 1. The van der Waals surface area contributed by atoms with Gasteiger partial charge in [-0.3, -0.25) is 4.79 Å². The quantitative estimate of drug-likeness (QED) is 0.808. The summed E-state index contributed by atoms with van der Waals surface area (Å²) in [7, 11) is 5.96. The Morgan fingerprint density at radius 2 is 2.24 bits per heavy atom. The first-order chi connectivity index (χ1) is 7.99. The number of rotatable bonds is 2. The third kappa shape index (κ3) is 2.29. The minimum atomic E-state index is 0.0774. The van der Waals surface area contributed by atoms with E-state index < -0.39 is 0 Å². The molecule has 1 unspecified atom stereocenters. The topological polar surface area (TPSA) is 54.5 Å². The summed E-state index contributed by atoms with van der Waals surface area (Å²) in [6, 6.07) is 2.21. The number of nitrogen functional groups attached to an aromatic ring is 1. The number of likely N-dealkylation sites (tertiary alicyclic amines) is 1. The van der Waals surface area contributed by atoms with Crippen LogP contribution in [0.25, 0.3) is 0 Å². The monoisotopic (exact) mass is 236 g/mol. The second kappa shape index (κ2) is 4.41. The standard InChI is InChI=1S/C12H20N4O/c1-14(2)10-4-5-16(8-10)12(17)11-6-9(13)7-15(11)3/h6-7,10H,4-5,8,13H2,1-3H3. The van der Waals surface area contributed by atoms with E-state index in [9.17, 15) is 4.79 Å². The molecule has 0 saturated carbocycles. The minimum Gasteiger partial charge on any atom is -0.397 e.